The Hall–Kier alpha value is -1.26. The molecule has 2 heterocycles. The second-order valence-corrected chi connectivity index (χ2v) is 5.47. The van der Waals surface area contributed by atoms with Crippen LogP contribution in [0.25, 0.3) is 0 Å². The van der Waals surface area contributed by atoms with Crippen molar-refractivity contribution in [1.82, 2.24) is 10.6 Å². The van der Waals surface area contributed by atoms with Gasteiger partial charge < -0.3 is 10.6 Å². The minimum absolute atomic E-state index is 0.151. The summed E-state index contributed by atoms with van der Waals surface area (Å²) in [7, 11) is 0. The average Bonchev–Trinajstić information content (AvgIpc) is 2.67. The van der Waals surface area contributed by atoms with Crippen molar-refractivity contribution in [2.75, 3.05) is 13.1 Å². The van der Waals surface area contributed by atoms with E-state index in [1.165, 1.54) is 5.56 Å². The Labute approximate surface area is 113 Å². The van der Waals surface area contributed by atoms with E-state index in [9.17, 15) is 0 Å². The van der Waals surface area contributed by atoms with Gasteiger partial charge in [0.1, 0.15) is 16.4 Å². The van der Waals surface area contributed by atoms with E-state index in [-0.39, 0.29) is 5.66 Å². The Kier molecular flexibility index (Phi) is 2.92. The molecule has 3 rings (SSSR count). The standard InChI is InChI=1S/C14H17N3S/c1-10-3-2-4-11(9-10)12-13(18)17-14(16-12)5-7-15-8-6-14/h2-4,9,15H,5-8H2,1H3,(H,17,18). The van der Waals surface area contributed by atoms with Crippen LogP contribution in [-0.2, 0) is 0 Å². The molecule has 0 aliphatic carbocycles. The van der Waals surface area contributed by atoms with Crippen LogP contribution in [0, 0.1) is 6.92 Å². The van der Waals surface area contributed by atoms with Gasteiger partial charge in [0.05, 0.1) is 0 Å². The van der Waals surface area contributed by atoms with Gasteiger partial charge in [-0.15, -0.1) is 0 Å². The first-order valence-electron chi connectivity index (χ1n) is 6.39. The Morgan fingerprint density at radius 1 is 1.28 bits per heavy atom. The fraction of sp³-hybridized carbons (Fsp3) is 0.429. The number of thiocarbonyl (C=S) groups is 1. The minimum atomic E-state index is -0.151. The van der Waals surface area contributed by atoms with E-state index >= 15 is 0 Å². The van der Waals surface area contributed by atoms with Crippen molar-refractivity contribution in [2.24, 2.45) is 4.99 Å². The van der Waals surface area contributed by atoms with Crippen LogP contribution in [0.5, 0.6) is 0 Å². The van der Waals surface area contributed by atoms with Crippen molar-refractivity contribution < 1.29 is 0 Å². The Morgan fingerprint density at radius 2 is 2.06 bits per heavy atom. The Bertz CT molecular complexity index is 516. The molecule has 1 aromatic carbocycles. The number of piperidine rings is 1. The number of hydrogen-bond acceptors (Lipinski definition) is 3. The summed E-state index contributed by atoms with van der Waals surface area (Å²) in [6.45, 7) is 4.09. The molecule has 3 nitrogen and oxygen atoms in total. The predicted molar refractivity (Wildman–Crippen MR) is 78.3 cm³/mol. The molecule has 0 radical (unpaired) electrons. The van der Waals surface area contributed by atoms with Crippen molar-refractivity contribution in [3.63, 3.8) is 0 Å². The van der Waals surface area contributed by atoms with Gasteiger partial charge in [-0.25, -0.2) is 0 Å². The molecular formula is C14H17N3S. The molecule has 0 amide bonds. The number of nitrogens with zero attached hydrogens (tertiary/aromatic N) is 1. The number of rotatable bonds is 1. The molecular weight excluding hydrogens is 242 g/mol. The Balaban J connectivity index is 1.96. The van der Waals surface area contributed by atoms with Crippen LogP contribution in [0.3, 0.4) is 0 Å². The van der Waals surface area contributed by atoms with Gasteiger partial charge in [0.15, 0.2) is 0 Å². The number of aryl methyl sites for hydroxylation is 1. The maximum Gasteiger partial charge on any atom is 0.133 e. The van der Waals surface area contributed by atoms with Gasteiger partial charge in [0.2, 0.25) is 0 Å². The lowest BCUT2D eigenvalue weighted by atomic mass is 10.00. The fourth-order valence-corrected chi connectivity index (χ4v) is 2.98. The number of benzene rings is 1. The summed E-state index contributed by atoms with van der Waals surface area (Å²) in [5, 5.41) is 6.79. The van der Waals surface area contributed by atoms with Gasteiger partial charge >= 0.3 is 0 Å². The summed E-state index contributed by atoms with van der Waals surface area (Å²) in [6, 6.07) is 8.38. The summed E-state index contributed by atoms with van der Waals surface area (Å²) in [4.78, 5) is 5.69. The monoisotopic (exact) mass is 259 g/mol. The molecule has 0 bridgehead atoms. The normalized spacial score (nSPS) is 21.8. The highest BCUT2D eigenvalue weighted by Gasteiger charge is 2.38. The van der Waals surface area contributed by atoms with Crippen LogP contribution in [0.4, 0.5) is 0 Å². The van der Waals surface area contributed by atoms with Gasteiger partial charge in [-0.1, -0.05) is 36.0 Å². The quantitative estimate of drug-likeness (QED) is 0.755. The number of hydrogen-bond donors (Lipinski definition) is 2. The summed E-state index contributed by atoms with van der Waals surface area (Å²) < 4.78 is 0. The molecule has 0 aromatic heterocycles. The summed E-state index contributed by atoms with van der Waals surface area (Å²) >= 11 is 5.46. The third kappa shape index (κ3) is 2.06. The first-order valence-corrected chi connectivity index (χ1v) is 6.80. The third-order valence-corrected chi connectivity index (χ3v) is 3.90. The predicted octanol–water partition coefficient (Wildman–Crippen LogP) is 1.79. The van der Waals surface area contributed by atoms with E-state index in [1.54, 1.807) is 0 Å². The molecule has 94 valence electrons. The molecule has 2 aliphatic rings. The van der Waals surface area contributed by atoms with Crippen molar-refractivity contribution in [2.45, 2.75) is 25.4 Å². The first kappa shape index (κ1) is 11.8. The van der Waals surface area contributed by atoms with Crippen LogP contribution in [-0.4, -0.2) is 29.5 Å². The highest BCUT2D eigenvalue weighted by atomic mass is 32.1. The average molecular weight is 259 g/mol. The maximum absolute atomic E-state index is 5.46. The maximum atomic E-state index is 5.46. The van der Waals surface area contributed by atoms with Crippen LogP contribution < -0.4 is 10.6 Å². The summed E-state index contributed by atoms with van der Waals surface area (Å²) in [5.74, 6) is 0. The van der Waals surface area contributed by atoms with E-state index in [1.807, 2.05) is 0 Å². The fourth-order valence-electron chi connectivity index (χ4n) is 2.63. The SMILES string of the molecule is Cc1cccc(C2=NC3(CCNCC3)NC2=S)c1. The highest BCUT2D eigenvalue weighted by Crippen LogP contribution is 2.26. The molecule has 0 saturated carbocycles. The van der Waals surface area contributed by atoms with E-state index in [0.717, 1.165) is 42.2 Å². The molecule has 2 N–H and O–H groups in total. The molecule has 2 aliphatic heterocycles. The molecule has 1 saturated heterocycles. The lowest BCUT2D eigenvalue weighted by Crippen LogP contribution is -2.49. The molecule has 0 unspecified atom stereocenters. The van der Waals surface area contributed by atoms with E-state index < -0.39 is 0 Å². The van der Waals surface area contributed by atoms with Gasteiger partial charge in [-0.2, -0.15) is 0 Å². The topological polar surface area (TPSA) is 36.4 Å². The van der Waals surface area contributed by atoms with Gasteiger partial charge in [0, 0.05) is 18.4 Å². The van der Waals surface area contributed by atoms with Crippen LogP contribution in [0.2, 0.25) is 0 Å². The summed E-state index contributed by atoms with van der Waals surface area (Å²) in [6.07, 6.45) is 2.00. The smallest absolute Gasteiger partial charge is 0.133 e. The lowest BCUT2D eigenvalue weighted by Gasteiger charge is -2.31. The second-order valence-electron chi connectivity index (χ2n) is 5.07. The Morgan fingerprint density at radius 3 is 2.78 bits per heavy atom. The lowest BCUT2D eigenvalue weighted by molar-refractivity contribution is 0.300. The molecule has 1 fully saturated rings. The minimum Gasteiger partial charge on any atom is -0.350 e. The van der Waals surface area contributed by atoms with Crippen molar-refractivity contribution >= 4 is 22.9 Å². The van der Waals surface area contributed by atoms with Crippen LogP contribution in [0.15, 0.2) is 29.3 Å². The molecule has 1 spiro atoms. The molecule has 18 heavy (non-hydrogen) atoms. The number of aliphatic imine (C=N–C) groups is 1. The largest absolute Gasteiger partial charge is 0.350 e. The zero-order valence-electron chi connectivity index (χ0n) is 10.5. The van der Waals surface area contributed by atoms with E-state index in [0.29, 0.717) is 0 Å². The van der Waals surface area contributed by atoms with Crippen molar-refractivity contribution in [3.8, 4) is 0 Å². The van der Waals surface area contributed by atoms with Gasteiger partial charge in [-0.3, -0.25) is 4.99 Å². The first-order chi connectivity index (χ1) is 8.69. The van der Waals surface area contributed by atoms with E-state index in [4.69, 9.17) is 17.2 Å². The zero-order chi connectivity index (χ0) is 12.6. The molecule has 0 atom stereocenters. The van der Waals surface area contributed by atoms with Crippen molar-refractivity contribution in [1.29, 1.82) is 0 Å². The third-order valence-electron chi connectivity index (χ3n) is 3.61. The van der Waals surface area contributed by atoms with Crippen LogP contribution >= 0.6 is 12.2 Å². The van der Waals surface area contributed by atoms with Gasteiger partial charge in [-0.05, 0) is 26.1 Å². The number of nitrogens with one attached hydrogen (secondary N) is 2. The van der Waals surface area contributed by atoms with Crippen LogP contribution in [0.1, 0.15) is 24.0 Å². The molecule has 1 aromatic rings. The summed E-state index contributed by atoms with van der Waals surface area (Å²) in [5.41, 5.74) is 3.17. The zero-order valence-corrected chi connectivity index (χ0v) is 11.3. The van der Waals surface area contributed by atoms with Gasteiger partial charge in [0.25, 0.3) is 0 Å². The highest BCUT2D eigenvalue weighted by molar-refractivity contribution is 7.82. The van der Waals surface area contributed by atoms with Crippen molar-refractivity contribution in [3.05, 3.63) is 35.4 Å². The second kappa shape index (κ2) is 4.44. The molecule has 4 heteroatoms. The van der Waals surface area contributed by atoms with E-state index in [2.05, 4.69) is 41.8 Å².